The lowest BCUT2D eigenvalue weighted by atomic mass is 10.2. The predicted octanol–water partition coefficient (Wildman–Crippen LogP) is 3.00. The zero-order valence-corrected chi connectivity index (χ0v) is 20.0. The Morgan fingerprint density at radius 3 is 2.33 bits per heavy atom. The van der Waals surface area contributed by atoms with E-state index in [2.05, 4.69) is 15.1 Å². The first-order chi connectivity index (χ1) is 15.8. The summed E-state index contributed by atoms with van der Waals surface area (Å²) in [5.74, 6) is 1.11. The van der Waals surface area contributed by atoms with Crippen LogP contribution < -0.4 is 10.1 Å². The number of nitrogens with one attached hydrogen (secondary N) is 1. The molecule has 0 radical (unpaired) electrons. The molecule has 1 atom stereocenters. The average Bonchev–Trinajstić information content (AvgIpc) is 2.79. The molecule has 1 aliphatic heterocycles. The molecule has 1 heterocycles. The smallest absolute Gasteiger partial charge is 0.255 e. The molecule has 0 spiro atoms. The number of hydrogen-bond donors (Lipinski definition) is 2. The number of benzene rings is 2. The third-order valence-electron chi connectivity index (χ3n) is 5.46. The van der Waals surface area contributed by atoms with Crippen molar-refractivity contribution in [1.29, 1.82) is 0 Å². The van der Waals surface area contributed by atoms with Gasteiger partial charge in [-0.15, -0.1) is 0 Å². The Balaban J connectivity index is 1.38. The number of rotatable bonds is 10. The lowest BCUT2D eigenvalue weighted by Gasteiger charge is -2.35. The number of aliphatic hydroxyl groups is 1. The standard InChI is InChI=1S/C26H37N3O4/c1-26(2,3)32-20-21(30)19-29-17-15-28(16-18-29)14-13-27-25(31)23-11-7-8-12-24(23)33-22-9-5-4-6-10-22/h4-12,21,30H,13-20H2,1-3H3,(H,27,31)/t21-/m1/s1. The monoisotopic (exact) mass is 455 g/mol. The minimum absolute atomic E-state index is 0.137. The van der Waals surface area contributed by atoms with Crippen LogP contribution in [0.4, 0.5) is 0 Å². The normalized spacial score (nSPS) is 16.4. The fourth-order valence-corrected chi connectivity index (χ4v) is 3.67. The number of ether oxygens (including phenoxy) is 2. The molecule has 0 bridgehead atoms. The molecule has 1 saturated heterocycles. The van der Waals surface area contributed by atoms with Crippen molar-refractivity contribution in [3.8, 4) is 11.5 Å². The van der Waals surface area contributed by atoms with Crippen LogP contribution in [0, 0.1) is 0 Å². The van der Waals surface area contributed by atoms with E-state index in [1.165, 1.54) is 0 Å². The molecule has 33 heavy (non-hydrogen) atoms. The molecule has 0 aliphatic carbocycles. The quantitative estimate of drug-likeness (QED) is 0.574. The van der Waals surface area contributed by atoms with E-state index in [9.17, 15) is 9.90 Å². The van der Waals surface area contributed by atoms with Gasteiger partial charge in [0.25, 0.3) is 5.91 Å². The van der Waals surface area contributed by atoms with E-state index < -0.39 is 6.10 Å². The zero-order chi connectivity index (χ0) is 23.7. The van der Waals surface area contributed by atoms with Crippen LogP contribution in [-0.2, 0) is 4.74 Å². The van der Waals surface area contributed by atoms with Crippen LogP contribution >= 0.6 is 0 Å². The number of piperazine rings is 1. The molecule has 7 heteroatoms. The molecular formula is C26H37N3O4. The van der Waals surface area contributed by atoms with E-state index in [1.54, 1.807) is 6.07 Å². The van der Waals surface area contributed by atoms with Gasteiger partial charge in [0, 0.05) is 45.8 Å². The van der Waals surface area contributed by atoms with Crippen molar-refractivity contribution in [3.05, 3.63) is 60.2 Å². The zero-order valence-electron chi connectivity index (χ0n) is 20.0. The number of carbonyl (C=O) groups excluding carboxylic acids is 1. The molecule has 1 aliphatic rings. The van der Waals surface area contributed by atoms with Gasteiger partial charge >= 0.3 is 0 Å². The molecule has 180 valence electrons. The number of aliphatic hydroxyl groups excluding tert-OH is 1. The molecule has 2 N–H and O–H groups in total. The van der Waals surface area contributed by atoms with Crippen molar-refractivity contribution >= 4 is 5.91 Å². The Labute approximate surface area is 197 Å². The summed E-state index contributed by atoms with van der Waals surface area (Å²) >= 11 is 0. The fourth-order valence-electron chi connectivity index (χ4n) is 3.67. The Morgan fingerprint density at radius 1 is 1.00 bits per heavy atom. The summed E-state index contributed by atoms with van der Waals surface area (Å²) < 4.78 is 11.6. The molecule has 3 rings (SSSR count). The molecule has 1 fully saturated rings. The summed E-state index contributed by atoms with van der Waals surface area (Å²) in [7, 11) is 0. The van der Waals surface area contributed by atoms with Gasteiger partial charge in [0.1, 0.15) is 11.5 Å². The van der Waals surface area contributed by atoms with Gasteiger partial charge in [-0.05, 0) is 45.0 Å². The van der Waals surface area contributed by atoms with E-state index >= 15 is 0 Å². The molecule has 0 unspecified atom stereocenters. The number of amides is 1. The van der Waals surface area contributed by atoms with E-state index in [1.807, 2.05) is 69.3 Å². The highest BCUT2D eigenvalue weighted by Crippen LogP contribution is 2.24. The van der Waals surface area contributed by atoms with Gasteiger partial charge < -0.3 is 19.9 Å². The summed E-state index contributed by atoms with van der Waals surface area (Å²) in [5.41, 5.74) is 0.288. The highest BCUT2D eigenvalue weighted by Gasteiger charge is 2.21. The number of β-amino-alcohol motifs (C(OH)–C–C–N with tert-alkyl or cyclic N) is 1. The summed E-state index contributed by atoms with van der Waals surface area (Å²) in [4.78, 5) is 17.3. The van der Waals surface area contributed by atoms with E-state index in [4.69, 9.17) is 9.47 Å². The topological polar surface area (TPSA) is 74.3 Å². The number of nitrogens with zero attached hydrogens (tertiary/aromatic N) is 2. The second-order valence-electron chi connectivity index (χ2n) is 9.39. The van der Waals surface area contributed by atoms with Crippen LogP contribution in [0.1, 0.15) is 31.1 Å². The maximum atomic E-state index is 12.7. The SMILES string of the molecule is CC(C)(C)OC[C@H](O)CN1CCN(CCNC(=O)c2ccccc2Oc2ccccc2)CC1. The first kappa shape index (κ1) is 25.2. The van der Waals surface area contributed by atoms with Gasteiger partial charge in [-0.1, -0.05) is 30.3 Å². The van der Waals surface area contributed by atoms with Gasteiger partial charge in [-0.3, -0.25) is 14.6 Å². The molecular weight excluding hydrogens is 418 g/mol. The molecule has 2 aromatic rings. The Hall–Kier alpha value is -2.45. The summed E-state index contributed by atoms with van der Waals surface area (Å²) in [6.45, 7) is 11.9. The van der Waals surface area contributed by atoms with Gasteiger partial charge in [-0.25, -0.2) is 0 Å². The van der Waals surface area contributed by atoms with E-state index in [0.29, 0.717) is 36.8 Å². The van der Waals surface area contributed by atoms with Crippen molar-refractivity contribution in [3.63, 3.8) is 0 Å². The minimum atomic E-state index is -0.478. The maximum Gasteiger partial charge on any atom is 0.255 e. The first-order valence-corrected chi connectivity index (χ1v) is 11.7. The summed E-state index contributed by atoms with van der Waals surface area (Å²) in [6, 6.07) is 16.7. The third kappa shape index (κ3) is 8.78. The van der Waals surface area contributed by atoms with Crippen molar-refractivity contribution in [1.82, 2.24) is 15.1 Å². The lowest BCUT2D eigenvalue weighted by Crippen LogP contribution is -2.50. The van der Waals surface area contributed by atoms with Crippen molar-refractivity contribution in [2.24, 2.45) is 0 Å². The Bertz CT molecular complexity index is 861. The van der Waals surface area contributed by atoms with Crippen LogP contribution in [0.3, 0.4) is 0 Å². The largest absolute Gasteiger partial charge is 0.457 e. The van der Waals surface area contributed by atoms with Crippen molar-refractivity contribution in [2.75, 3.05) is 52.4 Å². The average molecular weight is 456 g/mol. The van der Waals surface area contributed by atoms with Crippen molar-refractivity contribution < 1.29 is 19.4 Å². The summed E-state index contributed by atoms with van der Waals surface area (Å²) in [5, 5.41) is 13.2. The highest BCUT2D eigenvalue weighted by molar-refractivity contribution is 5.97. The Kier molecular flexibility index (Phi) is 9.26. The van der Waals surface area contributed by atoms with Gasteiger partial charge in [0.2, 0.25) is 0 Å². The highest BCUT2D eigenvalue weighted by atomic mass is 16.5. The molecule has 2 aromatic carbocycles. The number of carbonyl (C=O) groups is 1. The van der Waals surface area contributed by atoms with Crippen LogP contribution in [-0.4, -0.2) is 84.9 Å². The van der Waals surface area contributed by atoms with E-state index in [0.717, 1.165) is 32.7 Å². The van der Waals surface area contributed by atoms with Gasteiger partial charge in [0.05, 0.1) is 23.9 Å². The molecule has 7 nitrogen and oxygen atoms in total. The van der Waals surface area contributed by atoms with Crippen LogP contribution in [0.2, 0.25) is 0 Å². The fraction of sp³-hybridized carbons (Fsp3) is 0.500. The van der Waals surface area contributed by atoms with Gasteiger partial charge in [0.15, 0.2) is 0 Å². The van der Waals surface area contributed by atoms with Crippen LogP contribution in [0.5, 0.6) is 11.5 Å². The Morgan fingerprint density at radius 2 is 1.64 bits per heavy atom. The van der Waals surface area contributed by atoms with E-state index in [-0.39, 0.29) is 11.5 Å². The molecule has 0 aromatic heterocycles. The van der Waals surface area contributed by atoms with Crippen LogP contribution in [0.25, 0.3) is 0 Å². The molecule has 0 saturated carbocycles. The number of hydrogen-bond acceptors (Lipinski definition) is 6. The predicted molar refractivity (Wildman–Crippen MR) is 130 cm³/mol. The maximum absolute atomic E-state index is 12.7. The van der Waals surface area contributed by atoms with Gasteiger partial charge in [-0.2, -0.15) is 0 Å². The lowest BCUT2D eigenvalue weighted by molar-refractivity contribution is -0.0585. The second kappa shape index (κ2) is 12.1. The first-order valence-electron chi connectivity index (χ1n) is 11.7. The van der Waals surface area contributed by atoms with Crippen molar-refractivity contribution in [2.45, 2.75) is 32.5 Å². The molecule has 1 amide bonds. The van der Waals surface area contributed by atoms with Crippen LogP contribution in [0.15, 0.2) is 54.6 Å². The second-order valence-corrected chi connectivity index (χ2v) is 9.39. The third-order valence-corrected chi connectivity index (χ3v) is 5.46. The number of para-hydroxylation sites is 2. The summed E-state index contributed by atoms with van der Waals surface area (Å²) in [6.07, 6.45) is -0.478. The minimum Gasteiger partial charge on any atom is -0.457 e.